The average Bonchev–Trinajstić information content (AvgIpc) is 2.72. The number of aromatic amines is 1. The lowest BCUT2D eigenvalue weighted by Gasteiger charge is -2.30. The second kappa shape index (κ2) is 4.11. The first-order valence-corrected chi connectivity index (χ1v) is 6.84. The number of sulfonamides is 1. The lowest BCUT2D eigenvalue weighted by atomic mass is 10.1. The molecular formula is C9H13N3O4S. The van der Waals surface area contributed by atoms with E-state index in [1.54, 1.807) is 0 Å². The van der Waals surface area contributed by atoms with Gasteiger partial charge in [-0.05, 0) is 0 Å². The molecule has 0 saturated carbocycles. The van der Waals surface area contributed by atoms with Gasteiger partial charge in [-0.25, -0.2) is 13.4 Å². The van der Waals surface area contributed by atoms with Gasteiger partial charge in [0.05, 0.1) is 37.6 Å². The van der Waals surface area contributed by atoms with Crippen LogP contribution in [0.1, 0.15) is 11.4 Å². The number of carbonyl (C=O) groups is 1. The van der Waals surface area contributed by atoms with Gasteiger partial charge in [0.25, 0.3) is 0 Å². The minimum absolute atomic E-state index is 0.119. The van der Waals surface area contributed by atoms with Crippen LogP contribution in [-0.2, 0) is 32.5 Å². The van der Waals surface area contributed by atoms with E-state index in [-0.39, 0.29) is 13.0 Å². The molecule has 0 radical (unpaired) electrons. The van der Waals surface area contributed by atoms with Crippen molar-refractivity contribution in [1.29, 1.82) is 0 Å². The van der Waals surface area contributed by atoms with Crippen molar-refractivity contribution < 1.29 is 17.9 Å². The number of rotatable bonds is 2. The molecule has 0 fully saturated rings. The predicted molar refractivity (Wildman–Crippen MR) is 58.5 cm³/mol. The van der Waals surface area contributed by atoms with E-state index < -0.39 is 22.0 Å². The van der Waals surface area contributed by atoms with E-state index in [4.69, 9.17) is 0 Å². The summed E-state index contributed by atoms with van der Waals surface area (Å²) in [6, 6.07) is -0.828. The summed E-state index contributed by atoms with van der Waals surface area (Å²) in [5.41, 5.74) is 1.43. The fourth-order valence-electron chi connectivity index (χ4n) is 1.90. The summed E-state index contributed by atoms with van der Waals surface area (Å²) < 4.78 is 29.0. The zero-order chi connectivity index (χ0) is 12.6. The smallest absolute Gasteiger partial charge is 0.324 e. The molecule has 17 heavy (non-hydrogen) atoms. The Morgan fingerprint density at radius 3 is 2.94 bits per heavy atom. The van der Waals surface area contributed by atoms with Crippen LogP contribution in [0.3, 0.4) is 0 Å². The Morgan fingerprint density at radius 1 is 1.65 bits per heavy atom. The van der Waals surface area contributed by atoms with Gasteiger partial charge >= 0.3 is 5.97 Å². The number of hydrogen-bond donors (Lipinski definition) is 1. The second-order valence-electron chi connectivity index (χ2n) is 3.88. The number of imidazole rings is 1. The van der Waals surface area contributed by atoms with E-state index in [0.717, 1.165) is 16.3 Å². The summed E-state index contributed by atoms with van der Waals surface area (Å²) in [5, 5.41) is 0. The molecule has 0 saturated heterocycles. The number of hydrogen-bond acceptors (Lipinski definition) is 5. The highest BCUT2D eigenvalue weighted by molar-refractivity contribution is 7.88. The Labute approximate surface area is 98.8 Å². The van der Waals surface area contributed by atoms with Gasteiger partial charge in [0.1, 0.15) is 6.04 Å². The van der Waals surface area contributed by atoms with E-state index in [9.17, 15) is 13.2 Å². The standard InChI is InChI=1S/C9H13N3O4S/c1-16-9(13)8-3-6-7(11-5-10-6)4-12(8)17(2,14)15/h5,8H,3-4H2,1-2H3,(H,10,11). The van der Waals surface area contributed by atoms with Gasteiger partial charge in [-0.1, -0.05) is 0 Å². The molecule has 1 aromatic rings. The molecule has 7 nitrogen and oxygen atoms in total. The van der Waals surface area contributed by atoms with Crippen molar-refractivity contribution in [1.82, 2.24) is 14.3 Å². The molecule has 1 aliphatic heterocycles. The van der Waals surface area contributed by atoms with Gasteiger partial charge in [0.2, 0.25) is 10.0 Å². The molecule has 94 valence electrons. The van der Waals surface area contributed by atoms with Crippen molar-refractivity contribution in [3.8, 4) is 0 Å². The normalized spacial score (nSPS) is 20.9. The Balaban J connectivity index is 2.39. The maximum absolute atomic E-state index is 11.6. The summed E-state index contributed by atoms with van der Waals surface area (Å²) in [7, 11) is -2.23. The van der Waals surface area contributed by atoms with Crippen LogP contribution in [0.25, 0.3) is 0 Å². The Bertz CT molecular complexity index is 536. The van der Waals surface area contributed by atoms with Gasteiger partial charge in [-0.15, -0.1) is 0 Å². The van der Waals surface area contributed by atoms with Gasteiger partial charge in [-0.2, -0.15) is 4.31 Å². The third-order valence-electron chi connectivity index (χ3n) is 2.76. The summed E-state index contributed by atoms with van der Waals surface area (Å²) in [6.45, 7) is 0.119. The number of methoxy groups -OCH3 is 1. The monoisotopic (exact) mass is 259 g/mol. The van der Waals surface area contributed by atoms with Crippen molar-refractivity contribution >= 4 is 16.0 Å². The van der Waals surface area contributed by atoms with Crippen LogP contribution in [-0.4, -0.2) is 48.1 Å². The Morgan fingerprint density at radius 2 is 2.35 bits per heavy atom. The second-order valence-corrected chi connectivity index (χ2v) is 5.81. The van der Waals surface area contributed by atoms with Crippen LogP contribution >= 0.6 is 0 Å². The first kappa shape index (κ1) is 12.1. The van der Waals surface area contributed by atoms with Crippen LogP contribution < -0.4 is 0 Å². The lowest BCUT2D eigenvalue weighted by molar-refractivity contribution is -0.145. The highest BCUT2D eigenvalue weighted by Gasteiger charge is 2.38. The first-order valence-electron chi connectivity index (χ1n) is 4.99. The van der Waals surface area contributed by atoms with Gasteiger partial charge < -0.3 is 9.72 Å². The van der Waals surface area contributed by atoms with E-state index in [2.05, 4.69) is 14.7 Å². The van der Waals surface area contributed by atoms with E-state index in [1.807, 2.05) is 0 Å². The number of carbonyl (C=O) groups excluding carboxylic acids is 1. The fourth-order valence-corrected chi connectivity index (χ4v) is 2.88. The molecule has 0 amide bonds. The van der Waals surface area contributed by atoms with Gasteiger partial charge in [0.15, 0.2) is 0 Å². The molecule has 1 aromatic heterocycles. The summed E-state index contributed by atoms with van der Waals surface area (Å²) in [5.74, 6) is -0.566. The van der Waals surface area contributed by atoms with E-state index in [0.29, 0.717) is 5.69 Å². The van der Waals surface area contributed by atoms with Crippen molar-refractivity contribution in [3.05, 3.63) is 17.7 Å². The first-order chi connectivity index (χ1) is 7.93. The van der Waals surface area contributed by atoms with Crippen molar-refractivity contribution in [2.45, 2.75) is 19.0 Å². The quantitative estimate of drug-likeness (QED) is 0.707. The third-order valence-corrected chi connectivity index (χ3v) is 3.99. The molecule has 2 rings (SSSR count). The molecule has 2 heterocycles. The van der Waals surface area contributed by atoms with E-state index >= 15 is 0 Å². The SMILES string of the molecule is COC(=O)C1Cc2nc[nH]c2CN1S(C)(=O)=O. The van der Waals surface area contributed by atoms with Crippen LogP contribution in [0, 0.1) is 0 Å². The Kier molecular flexibility index (Phi) is 2.92. The summed E-state index contributed by atoms with van der Waals surface area (Å²) in [6.07, 6.45) is 2.80. The molecule has 1 atom stereocenters. The molecule has 1 aliphatic rings. The number of fused-ring (bicyclic) bond motifs is 1. The maximum Gasteiger partial charge on any atom is 0.324 e. The number of esters is 1. The molecule has 8 heteroatoms. The van der Waals surface area contributed by atoms with Crippen molar-refractivity contribution in [2.75, 3.05) is 13.4 Å². The minimum Gasteiger partial charge on any atom is -0.468 e. The Hall–Kier alpha value is -1.41. The van der Waals surface area contributed by atoms with Gasteiger partial charge in [-0.3, -0.25) is 4.79 Å². The molecule has 1 N–H and O–H groups in total. The number of nitrogens with zero attached hydrogens (tertiary/aromatic N) is 2. The van der Waals surface area contributed by atoms with Crippen molar-refractivity contribution in [3.63, 3.8) is 0 Å². The number of nitrogens with one attached hydrogen (secondary N) is 1. The maximum atomic E-state index is 11.6. The zero-order valence-electron chi connectivity index (χ0n) is 9.50. The van der Waals surface area contributed by atoms with Crippen molar-refractivity contribution in [2.24, 2.45) is 0 Å². The minimum atomic E-state index is -3.47. The number of aromatic nitrogens is 2. The molecular weight excluding hydrogens is 246 g/mol. The number of ether oxygens (including phenoxy) is 1. The van der Waals surface area contributed by atoms with Crippen LogP contribution in [0.4, 0.5) is 0 Å². The number of H-pyrrole nitrogens is 1. The van der Waals surface area contributed by atoms with Gasteiger partial charge in [0, 0.05) is 6.42 Å². The average molecular weight is 259 g/mol. The third kappa shape index (κ3) is 2.18. The lowest BCUT2D eigenvalue weighted by Crippen LogP contribution is -2.48. The highest BCUT2D eigenvalue weighted by Crippen LogP contribution is 2.23. The van der Waals surface area contributed by atoms with E-state index in [1.165, 1.54) is 13.4 Å². The molecule has 1 unspecified atom stereocenters. The largest absolute Gasteiger partial charge is 0.468 e. The fraction of sp³-hybridized carbons (Fsp3) is 0.556. The topological polar surface area (TPSA) is 92.4 Å². The summed E-state index contributed by atoms with van der Waals surface area (Å²) >= 11 is 0. The molecule has 0 aliphatic carbocycles. The molecule has 0 bridgehead atoms. The van der Waals surface area contributed by atoms with Crippen LogP contribution in [0.2, 0.25) is 0 Å². The zero-order valence-corrected chi connectivity index (χ0v) is 10.3. The molecule has 0 spiro atoms. The molecule has 0 aromatic carbocycles. The van der Waals surface area contributed by atoms with Crippen LogP contribution in [0.5, 0.6) is 0 Å². The summed E-state index contributed by atoms with van der Waals surface area (Å²) in [4.78, 5) is 18.5. The predicted octanol–water partition coefficient (Wildman–Crippen LogP) is -0.731. The highest BCUT2D eigenvalue weighted by atomic mass is 32.2. The van der Waals surface area contributed by atoms with Crippen LogP contribution in [0.15, 0.2) is 6.33 Å².